The second kappa shape index (κ2) is 9.77. The molecular weight excluding hydrogens is 458 g/mol. The minimum Gasteiger partial charge on any atom is -0.316 e. The monoisotopic (exact) mass is 485 g/mol. The average molecular weight is 486 g/mol. The van der Waals surface area contributed by atoms with Crippen LogP contribution in [0, 0.1) is 11.3 Å². The molecule has 0 bridgehead atoms. The van der Waals surface area contributed by atoms with Crippen LogP contribution in [-0.4, -0.2) is 26.4 Å². The Labute approximate surface area is 201 Å². The molecule has 0 spiro atoms. The van der Waals surface area contributed by atoms with Gasteiger partial charge in [0.1, 0.15) is 11.1 Å². The molecule has 0 saturated heterocycles. The van der Waals surface area contributed by atoms with E-state index in [4.69, 9.17) is 0 Å². The highest BCUT2D eigenvalue weighted by Crippen LogP contribution is 2.38. The Morgan fingerprint density at radius 2 is 2.06 bits per heavy atom. The van der Waals surface area contributed by atoms with Gasteiger partial charge in [-0.25, -0.2) is 0 Å². The summed E-state index contributed by atoms with van der Waals surface area (Å²) in [6.45, 7) is 8.57. The number of fused-ring (bicyclic) bond motifs is 1. The van der Waals surface area contributed by atoms with Crippen LogP contribution in [-0.2, 0) is 17.6 Å². The molecule has 32 heavy (non-hydrogen) atoms. The zero-order valence-corrected chi connectivity index (χ0v) is 21.2. The van der Waals surface area contributed by atoms with Gasteiger partial charge >= 0.3 is 0 Å². The molecule has 1 N–H and O–H groups in total. The lowest BCUT2D eigenvalue weighted by molar-refractivity contribution is -0.113. The number of nitrogens with zero attached hydrogens (tertiary/aromatic N) is 4. The van der Waals surface area contributed by atoms with Crippen LogP contribution in [0.1, 0.15) is 73.4 Å². The summed E-state index contributed by atoms with van der Waals surface area (Å²) in [6.07, 6.45) is 4.19. The topological polar surface area (TPSA) is 83.6 Å². The Balaban J connectivity index is 1.48. The lowest BCUT2D eigenvalue weighted by Crippen LogP contribution is -2.15. The molecule has 0 radical (unpaired) electrons. The molecule has 3 heterocycles. The fourth-order valence-corrected chi connectivity index (χ4v) is 6.90. The van der Waals surface area contributed by atoms with Gasteiger partial charge < -0.3 is 5.32 Å². The van der Waals surface area contributed by atoms with Gasteiger partial charge in [0.15, 0.2) is 11.0 Å². The molecule has 4 rings (SSSR count). The molecule has 1 amide bonds. The number of anilines is 1. The van der Waals surface area contributed by atoms with Gasteiger partial charge in [-0.05, 0) is 57.1 Å². The van der Waals surface area contributed by atoms with Crippen LogP contribution in [0.5, 0.6) is 0 Å². The Bertz CT molecular complexity index is 1170. The Morgan fingerprint density at radius 3 is 2.75 bits per heavy atom. The van der Waals surface area contributed by atoms with Crippen LogP contribution in [0.4, 0.5) is 5.00 Å². The van der Waals surface area contributed by atoms with Crippen molar-refractivity contribution in [3.63, 3.8) is 0 Å². The minimum absolute atomic E-state index is 0.123. The highest BCUT2D eigenvalue weighted by Gasteiger charge is 2.23. The summed E-state index contributed by atoms with van der Waals surface area (Å²) in [5.41, 5.74) is 2.85. The number of hydrogen-bond acceptors (Lipinski definition) is 7. The maximum absolute atomic E-state index is 12.7. The summed E-state index contributed by atoms with van der Waals surface area (Å²) < 4.78 is 2.09. The molecule has 0 atom stereocenters. The van der Waals surface area contributed by atoms with Crippen molar-refractivity contribution < 1.29 is 4.79 Å². The van der Waals surface area contributed by atoms with Crippen LogP contribution >= 0.6 is 34.4 Å². The lowest BCUT2D eigenvalue weighted by Gasteiger charge is -2.13. The van der Waals surface area contributed by atoms with E-state index in [1.165, 1.54) is 21.5 Å². The number of nitriles is 1. The zero-order valence-electron chi connectivity index (χ0n) is 18.8. The quantitative estimate of drug-likeness (QED) is 0.400. The van der Waals surface area contributed by atoms with Crippen molar-refractivity contribution in [3.8, 4) is 17.5 Å². The van der Waals surface area contributed by atoms with Gasteiger partial charge in [0.05, 0.1) is 11.3 Å². The molecule has 1 aliphatic rings. The molecule has 3 aromatic heterocycles. The van der Waals surface area contributed by atoms with Crippen LogP contribution in [0.25, 0.3) is 11.4 Å². The van der Waals surface area contributed by atoms with Crippen LogP contribution in [0.2, 0.25) is 0 Å². The van der Waals surface area contributed by atoms with E-state index < -0.39 is 0 Å². The number of rotatable bonds is 7. The Hall–Kier alpha value is -2.15. The first-order valence-corrected chi connectivity index (χ1v) is 13.6. The SMILES string of the molecule is CC(C)c1cc(-c2nnc(SCC(=O)Nc3sc4c(c3C#N)CCCC4)n2C(C)C)cs1. The molecule has 168 valence electrons. The number of hydrogen-bond donors (Lipinski definition) is 1. The second-order valence-electron chi connectivity index (χ2n) is 8.53. The van der Waals surface area contributed by atoms with E-state index in [2.05, 4.69) is 65.3 Å². The first-order chi connectivity index (χ1) is 15.4. The number of carbonyl (C=O) groups excluding carboxylic acids is 1. The molecular formula is C23H27N5OS3. The molecule has 0 fully saturated rings. The summed E-state index contributed by atoms with van der Waals surface area (Å²) in [5, 5.41) is 25.0. The van der Waals surface area contributed by atoms with Crippen LogP contribution in [0.3, 0.4) is 0 Å². The number of amides is 1. The third-order valence-corrected chi connectivity index (χ3v) is 8.88. The second-order valence-corrected chi connectivity index (χ2v) is 11.5. The standard InChI is InChI=1S/C23H27N5OS3/c1-13(2)19-9-15(11-30-19)21-26-27-23(28(21)14(3)4)31-12-20(29)25-22-17(10-24)16-7-5-6-8-18(16)32-22/h9,11,13-14H,5-8,12H2,1-4H3,(H,25,29). The Kier molecular flexibility index (Phi) is 7.03. The summed E-state index contributed by atoms with van der Waals surface area (Å²) >= 11 is 4.68. The smallest absolute Gasteiger partial charge is 0.235 e. The van der Waals surface area contributed by atoms with Crippen molar-refractivity contribution >= 4 is 45.3 Å². The fourth-order valence-electron chi connectivity index (χ4n) is 3.88. The first-order valence-electron chi connectivity index (χ1n) is 10.9. The van der Waals surface area contributed by atoms with E-state index in [0.29, 0.717) is 16.5 Å². The largest absolute Gasteiger partial charge is 0.316 e. The Morgan fingerprint density at radius 1 is 1.28 bits per heavy atom. The number of thioether (sulfide) groups is 1. The van der Waals surface area contributed by atoms with E-state index in [-0.39, 0.29) is 17.7 Å². The van der Waals surface area contributed by atoms with E-state index >= 15 is 0 Å². The third kappa shape index (κ3) is 4.63. The molecule has 6 nitrogen and oxygen atoms in total. The summed E-state index contributed by atoms with van der Waals surface area (Å²) in [4.78, 5) is 15.3. The number of aromatic nitrogens is 3. The van der Waals surface area contributed by atoms with Crippen molar-refractivity contribution in [2.45, 2.75) is 70.5 Å². The number of carbonyl (C=O) groups is 1. The van der Waals surface area contributed by atoms with E-state index in [0.717, 1.165) is 47.8 Å². The van der Waals surface area contributed by atoms with Crippen LogP contribution in [0.15, 0.2) is 16.6 Å². The molecule has 1 aliphatic carbocycles. The predicted molar refractivity (Wildman–Crippen MR) is 133 cm³/mol. The van der Waals surface area contributed by atoms with Gasteiger partial charge in [-0.15, -0.1) is 32.9 Å². The maximum Gasteiger partial charge on any atom is 0.235 e. The molecule has 0 aromatic carbocycles. The number of thiophene rings is 2. The molecule has 3 aromatic rings. The van der Waals surface area contributed by atoms with Crippen molar-refractivity contribution in [2.24, 2.45) is 0 Å². The van der Waals surface area contributed by atoms with Crippen molar-refractivity contribution in [1.82, 2.24) is 14.8 Å². The van der Waals surface area contributed by atoms with Gasteiger partial charge in [-0.2, -0.15) is 5.26 Å². The average Bonchev–Trinajstić information content (AvgIpc) is 3.47. The van der Waals surface area contributed by atoms with Gasteiger partial charge in [-0.1, -0.05) is 25.6 Å². The fraction of sp³-hybridized carbons (Fsp3) is 0.478. The summed E-state index contributed by atoms with van der Waals surface area (Å²) in [5.74, 6) is 1.41. The van der Waals surface area contributed by atoms with E-state index in [1.807, 2.05) is 0 Å². The van der Waals surface area contributed by atoms with Crippen molar-refractivity contribution in [2.75, 3.05) is 11.1 Å². The minimum atomic E-state index is -0.123. The maximum atomic E-state index is 12.7. The highest BCUT2D eigenvalue weighted by atomic mass is 32.2. The lowest BCUT2D eigenvalue weighted by atomic mass is 9.96. The molecule has 0 unspecified atom stereocenters. The number of aryl methyl sites for hydroxylation is 1. The highest BCUT2D eigenvalue weighted by molar-refractivity contribution is 7.99. The van der Waals surface area contributed by atoms with Crippen molar-refractivity contribution in [1.29, 1.82) is 5.26 Å². The predicted octanol–water partition coefficient (Wildman–Crippen LogP) is 6.25. The molecule has 0 saturated carbocycles. The van der Waals surface area contributed by atoms with Crippen molar-refractivity contribution in [3.05, 3.63) is 32.3 Å². The number of nitrogens with one attached hydrogen (secondary N) is 1. The first kappa shape index (κ1) is 23.0. The van der Waals surface area contributed by atoms with Gasteiger partial charge in [0, 0.05) is 26.7 Å². The molecule has 9 heteroatoms. The van der Waals surface area contributed by atoms with E-state index in [9.17, 15) is 10.1 Å². The van der Waals surface area contributed by atoms with Gasteiger partial charge in [-0.3, -0.25) is 9.36 Å². The van der Waals surface area contributed by atoms with E-state index in [1.54, 1.807) is 22.7 Å². The molecule has 0 aliphatic heterocycles. The summed E-state index contributed by atoms with van der Waals surface area (Å²) in [7, 11) is 0. The van der Waals surface area contributed by atoms with Crippen LogP contribution < -0.4 is 5.32 Å². The summed E-state index contributed by atoms with van der Waals surface area (Å²) in [6, 6.07) is 4.65. The normalized spacial score (nSPS) is 13.4. The zero-order chi connectivity index (χ0) is 22.8. The van der Waals surface area contributed by atoms with Gasteiger partial charge in [0.2, 0.25) is 5.91 Å². The van der Waals surface area contributed by atoms with Gasteiger partial charge in [0.25, 0.3) is 0 Å². The third-order valence-electron chi connectivity index (χ3n) is 5.50.